The van der Waals surface area contributed by atoms with Gasteiger partial charge in [-0.15, -0.1) is 0 Å². The average Bonchev–Trinajstić information content (AvgIpc) is 3.34. The molecule has 1 aliphatic heterocycles. The quantitative estimate of drug-likeness (QED) is 0.675. The molecule has 7 heteroatoms. The Hall–Kier alpha value is -3.12. The molecule has 2 aromatic heterocycles. The number of benzene rings is 1. The Labute approximate surface area is 166 Å². The van der Waals surface area contributed by atoms with Crippen molar-refractivity contribution >= 4 is 23.2 Å². The molecule has 0 fully saturated rings. The predicted molar refractivity (Wildman–Crippen MR) is 106 cm³/mol. The van der Waals surface area contributed by atoms with Crippen LogP contribution in [0.15, 0.2) is 75.3 Å². The minimum Gasteiger partial charge on any atom is -0.467 e. The summed E-state index contributed by atoms with van der Waals surface area (Å²) in [5, 5.41) is 6.60. The van der Waals surface area contributed by atoms with Gasteiger partial charge in [-0.25, -0.2) is 5.01 Å². The van der Waals surface area contributed by atoms with Gasteiger partial charge >= 0.3 is 0 Å². The van der Waals surface area contributed by atoms with E-state index in [-0.39, 0.29) is 24.1 Å². The fourth-order valence-corrected chi connectivity index (χ4v) is 3.34. The third kappa shape index (κ3) is 3.64. The molecule has 1 aromatic carbocycles. The van der Waals surface area contributed by atoms with E-state index in [0.717, 1.165) is 16.8 Å². The molecular weight excluding hydrogens is 378 g/mol. The maximum absolute atomic E-state index is 13.0. The average molecular weight is 396 g/mol. The lowest BCUT2D eigenvalue weighted by Crippen LogP contribution is -2.33. The van der Waals surface area contributed by atoms with Crippen molar-refractivity contribution in [1.29, 1.82) is 0 Å². The Morgan fingerprint density at radius 3 is 2.71 bits per heavy atom. The Kier molecular flexibility index (Phi) is 4.88. The smallest absolute Gasteiger partial charge is 0.263 e. The summed E-state index contributed by atoms with van der Waals surface area (Å²) in [6.07, 6.45) is 3.71. The van der Waals surface area contributed by atoms with E-state index in [1.165, 1.54) is 15.6 Å². The van der Waals surface area contributed by atoms with E-state index in [2.05, 4.69) is 5.10 Å². The lowest BCUT2D eigenvalue weighted by Gasteiger charge is -2.20. The number of carbonyl (C=O) groups is 1. The Bertz CT molecular complexity index is 1080. The van der Waals surface area contributed by atoms with Gasteiger partial charge in [0.05, 0.1) is 12.0 Å². The number of hydrogen-bond acceptors (Lipinski definition) is 4. The number of hydrogen-bond donors (Lipinski definition) is 0. The van der Waals surface area contributed by atoms with Gasteiger partial charge in [-0.1, -0.05) is 23.7 Å². The van der Waals surface area contributed by atoms with Gasteiger partial charge in [0.15, 0.2) is 0 Å². The van der Waals surface area contributed by atoms with Crippen molar-refractivity contribution in [2.24, 2.45) is 5.10 Å². The molecule has 0 aliphatic carbocycles. The van der Waals surface area contributed by atoms with E-state index >= 15 is 0 Å². The highest BCUT2D eigenvalue weighted by Gasteiger charge is 2.34. The summed E-state index contributed by atoms with van der Waals surface area (Å²) in [4.78, 5) is 25.1. The number of rotatable bonds is 4. The summed E-state index contributed by atoms with van der Waals surface area (Å²) in [6, 6.07) is 13.9. The molecule has 6 nitrogen and oxygen atoms in total. The van der Waals surface area contributed by atoms with Crippen LogP contribution in [0, 0.1) is 6.92 Å². The van der Waals surface area contributed by atoms with Crippen LogP contribution in [0.5, 0.6) is 0 Å². The molecule has 1 atom stereocenters. The summed E-state index contributed by atoms with van der Waals surface area (Å²) >= 11 is 5.97. The first-order valence-electron chi connectivity index (χ1n) is 8.87. The summed E-state index contributed by atoms with van der Waals surface area (Å²) in [5.41, 5.74) is 2.29. The molecule has 0 bridgehead atoms. The van der Waals surface area contributed by atoms with Crippen molar-refractivity contribution in [3.05, 3.63) is 93.3 Å². The molecule has 0 radical (unpaired) electrons. The Morgan fingerprint density at radius 2 is 2.04 bits per heavy atom. The molecule has 142 valence electrons. The second-order valence-corrected chi connectivity index (χ2v) is 7.13. The fourth-order valence-electron chi connectivity index (χ4n) is 3.22. The van der Waals surface area contributed by atoms with Crippen LogP contribution in [0.3, 0.4) is 0 Å². The molecule has 4 rings (SSSR count). The van der Waals surface area contributed by atoms with Crippen molar-refractivity contribution in [1.82, 2.24) is 9.58 Å². The zero-order valence-electron chi connectivity index (χ0n) is 15.2. The van der Waals surface area contributed by atoms with Crippen molar-refractivity contribution in [2.45, 2.75) is 25.9 Å². The van der Waals surface area contributed by atoms with Crippen LogP contribution in [0.4, 0.5) is 0 Å². The van der Waals surface area contributed by atoms with Gasteiger partial charge < -0.3 is 8.98 Å². The van der Waals surface area contributed by atoms with Crippen LogP contribution < -0.4 is 5.56 Å². The molecule has 3 aromatic rings. The number of aromatic nitrogens is 1. The first kappa shape index (κ1) is 18.3. The number of carbonyl (C=O) groups excluding carboxylic acids is 1. The van der Waals surface area contributed by atoms with Gasteiger partial charge in [0.1, 0.15) is 18.3 Å². The van der Waals surface area contributed by atoms with E-state index in [1.54, 1.807) is 36.7 Å². The monoisotopic (exact) mass is 395 g/mol. The molecule has 1 unspecified atom stereocenters. The van der Waals surface area contributed by atoms with Gasteiger partial charge in [0.2, 0.25) is 0 Å². The molecule has 3 heterocycles. The van der Waals surface area contributed by atoms with E-state index in [0.29, 0.717) is 17.2 Å². The molecular formula is C21H18ClN3O3. The number of amides is 1. The lowest BCUT2D eigenvalue weighted by atomic mass is 10.0. The molecule has 1 amide bonds. The summed E-state index contributed by atoms with van der Waals surface area (Å²) in [7, 11) is 0. The highest BCUT2D eigenvalue weighted by Crippen LogP contribution is 2.33. The third-order valence-corrected chi connectivity index (χ3v) is 4.92. The van der Waals surface area contributed by atoms with Gasteiger partial charge in [-0.05, 0) is 48.4 Å². The van der Waals surface area contributed by atoms with Gasteiger partial charge in [-0.2, -0.15) is 5.10 Å². The second-order valence-electron chi connectivity index (χ2n) is 6.70. The third-order valence-electron chi connectivity index (χ3n) is 4.67. The van der Waals surface area contributed by atoms with Crippen molar-refractivity contribution in [3.63, 3.8) is 0 Å². The van der Waals surface area contributed by atoms with Gasteiger partial charge in [0.25, 0.3) is 11.5 Å². The number of nitrogens with zero attached hydrogens (tertiary/aromatic N) is 3. The van der Waals surface area contributed by atoms with Crippen LogP contribution >= 0.6 is 11.6 Å². The van der Waals surface area contributed by atoms with Crippen molar-refractivity contribution < 1.29 is 9.21 Å². The zero-order chi connectivity index (χ0) is 19.7. The van der Waals surface area contributed by atoms with Gasteiger partial charge in [-0.3, -0.25) is 9.59 Å². The minimum absolute atomic E-state index is 0.0896. The SMILES string of the molecule is Cc1ccn(CC(=O)N2N=C(c3ccc(Cl)cc3)CC2c2ccco2)c(=O)c1. The standard InChI is InChI=1S/C21H18ClN3O3/c1-14-8-9-24(20(26)11-14)13-21(27)25-18(19-3-2-10-28-19)12-17(23-25)15-4-6-16(22)7-5-15/h2-11,18H,12-13H2,1H3. The zero-order valence-corrected chi connectivity index (χ0v) is 16.0. The van der Waals surface area contributed by atoms with Crippen LogP contribution in [-0.4, -0.2) is 21.2 Å². The second kappa shape index (κ2) is 7.48. The predicted octanol–water partition coefficient (Wildman–Crippen LogP) is 3.78. The maximum Gasteiger partial charge on any atom is 0.263 e. The molecule has 0 saturated heterocycles. The molecule has 0 N–H and O–H groups in total. The first-order valence-corrected chi connectivity index (χ1v) is 9.25. The van der Waals surface area contributed by atoms with E-state index in [1.807, 2.05) is 25.1 Å². The van der Waals surface area contributed by atoms with Crippen molar-refractivity contribution in [2.75, 3.05) is 0 Å². The topological polar surface area (TPSA) is 67.8 Å². The van der Waals surface area contributed by atoms with Crippen LogP contribution in [-0.2, 0) is 11.3 Å². The fraction of sp³-hybridized carbons (Fsp3) is 0.190. The number of pyridine rings is 1. The first-order chi connectivity index (χ1) is 13.5. The number of halogens is 1. The van der Waals surface area contributed by atoms with Crippen LogP contribution in [0.25, 0.3) is 0 Å². The minimum atomic E-state index is -0.352. The van der Waals surface area contributed by atoms with E-state index < -0.39 is 0 Å². The maximum atomic E-state index is 13.0. The van der Waals surface area contributed by atoms with E-state index in [9.17, 15) is 9.59 Å². The van der Waals surface area contributed by atoms with Crippen LogP contribution in [0.2, 0.25) is 5.02 Å². The van der Waals surface area contributed by atoms with E-state index in [4.69, 9.17) is 16.0 Å². The summed E-state index contributed by atoms with van der Waals surface area (Å²) < 4.78 is 6.91. The summed E-state index contributed by atoms with van der Waals surface area (Å²) in [5.74, 6) is 0.369. The largest absolute Gasteiger partial charge is 0.467 e. The Morgan fingerprint density at radius 1 is 1.25 bits per heavy atom. The lowest BCUT2D eigenvalue weighted by molar-refractivity contribution is -0.134. The Balaban J connectivity index is 1.64. The molecule has 0 saturated carbocycles. The highest BCUT2D eigenvalue weighted by molar-refractivity contribution is 6.30. The summed E-state index contributed by atoms with van der Waals surface area (Å²) in [6.45, 7) is 1.75. The van der Waals surface area contributed by atoms with Crippen molar-refractivity contribution in [3.8, 4) is 0 Å². The van der Waals surface area contributed by atoms with Gasteiger partial charge in [0, 0.05) is 23.7 Å². The molecule has 1 aliphatic rings. The molecule has 28 heavy (non-hydrogen) atoms. The number of hydrazone groups is 1. The normalized spacial score (nSPS) is 16.3. The molecule has 0 spiro atoms. The van der Waals surface area contributed by atoms with Crippen LogP contribution in [0.1, 0.15) is 29.3 Å². The highest BCUT2D eigenvalue weighted by atomic mass is 35.5. The number of furan rings is 1. The number of aryl methyl sites for hydroxylation is 1.